The van der Waals surface area contributed by atoms with Crippen molar-refractivity contribution in [3.05, 3.63) is 60.2 Å². The Balaban J connectivity index is 1.42. The summed E-state index contributed by atoms with van der Waals surface area (Å²) in [6.45, 7) is 0. The van der Waals surface area contributed by atoms with Gasteiger partial charge in [0, 0.05) is 20.9 Å². The minimum absolute atomic E-state index is 0.142. The van der Waals surface area contributed by atoms with E-state index in [-0.39, 0.29) is 51.0 Å². The lowest BCUT2D eigenvalue weighted by Crippen LogP contribution is -2.37. The van der Waals surface area contributed by atoms with E-state index < -0.39 is 0 Å². The number of benzene rings is 2. The Morgan fingerprint density at radius 3 is 2.14 bits per heavy atom. The molecule has 3 fully saturated rings. The Kier molecular flexibility index (Phi) is 4.62. The average Bonchev–Trinajstić information content (AvgIpc) is 3.33. The van der Waals surface area contributed by atoms with Gasteiger partial charge in [-0.3, -0.25) is 19.3 Å². The predicted molar refractivity (Wildman–Crippen MR) is 117 cm³/mol. The van der Waals surface area contributed by atoms with E-state index in [0.29, 0.717) is 16.9 Å². The van der Waals surface area contributed by atoms with Crippen LogP contribution in [0, 0.1) is 23.7 Å². The van der Waals surface area contributed by atoms with Gasteiger partial charge < -0.3 is 5.32 Å². The quantitative estimate of drug-likeness (QED) is 0.489. The molecule has 0 aromatic heterocycles. The molecule has 5 rings (SSSR count). The van der Waals surface area contributed by atoms with Gasteiger partial charge in [-0.25, -0.2) is 0 Å². The van der Waals surface area contributed by atoms with Crippen LogP contribution in [-0.4, -0.2) is 27.4 Å². The minimum Gasteiger partial charge on any atom is -0.322 e. The lowest BCUT2D eigenvalue weighted by Gasteiger charge is -2.28. The highest BCUT2D eigenvalue weighted by atomic mass is 79.9. The molecule has 2 aromatic rings. The monoisotopic (exact) mass is 516 g/mol. The topological polar surface area (TPSA) is 66.5 Å². The third-order valence-corrected chi connectivity index (χ3v) is 9.59. The zero-order chi connectivity index (χ0) is 20.3. The Hall–Kier alpha value is -1.99. The lowest BCUT2D eigenvalue weighted by molar-refractivity contribution is -0.123. The second kappa shape index (κ2) is 7.06. The number of carbonyl (C=O) groups excluding carboxylic acids is 3. The number of alkyl halides is 2. The second-order valence-corrected chi connectivity index (χ2v) is 10.0. The molecule has 1 aliphatic heterocycles. The molecule has 5 nitrogen and oxygen atoms in total. The first-order chi connectivity index (χ1) is 14.0. The molecule has 2 aliphatic carbocycles. The zero-order valence-electron chi connectivity index (χ0n) is 15.3. The highest BCUT2D eigenvalue weighted by Gasteiger charge is 2.66. The largest absolute Gasteiger partial charge is 0.322 e. The fraction of sp³-hybridized carbons (Fsp3) is 0.318. The summed E-state index contributed by atoms with van der Waals surface area (Å²) in [5.41, 5.74) is 1.56. The van der Waals surface area contributed by atoms with Gasteiger partial charge in [0.1, 0.15) is 0 Å². The summed E-state index contributed by atoms with van der Waals surface area (Å²) >= 11 is 7.40. The van der Waals surface area contributed by atoms with Crippen LogP contribution in [0.15, 0.2) is 54.6 Å². The number of amides is 3. The van der Waals surface area contributed by atoms with Crippen molar-refractivity contribution in [2.24, 2.45) is 23.7 Å². The maximum absolute atomic E-state index is 13.2. The first-order valence-electron chi connectivity index (χ1n) is 9.60. The van der Waals surface area contributed by atoms with E-state index in [1.165, 1.54) is 4.90 Å². The van der Waals surface area contributed by atoms with Crippen molar-refractivity contribution in [3.8, 4) is 0 Å². The molecule has 3 amide bonds. The molecule has 0 spiro atoms. The second-order valence-electron chi connectivity index (χ2n) is 7.89. The Bertz CT molecular complexity index is 980. The molecule has 1 heterocycles. The molecule has 0 radical (unpaired) electrons. The summed E-state index contributed by atoms with van der Waals surface area (Å²) in [5, 5.41) is 2.83. The molecule has 1 N–H and O–H groups in total. The number of hydrogen-bond donors (Lipinski definition) is 1. The van der Waals surface area contributed by atoms with E-state index in [9.17, 15) is 14.4 Å². The molecular formula is C22H18Br2N2O3. The molecule has 7 heteroatoms. The number of nitrogens with one attached hydrogen (secondary N) is 1. The fourth-order valence-electron chi connectivity index (χ4n) is 5.11. The van der Waals surface area contributed by atoms with Gasteiger partial charge in [0.15, 0.2) is 0 Å². The number of imide groups is 1. The SMILES string of the molecule is O=C(Nc1ccccc1)c1cccc(N2C(=O)[C@H]3[C@@H]4C[C@@H]([C@@H](Br)[C@H]4Br)[C@@H]3C2=O)c1. The first kappa shape index (κ1) is 19.0. The van der Waals surface area contributed by atoms with Crippen molar-refractivity contribution in [3.63, 3.8) is 0 Å². The van der Waals surface area contributed by atoms with E-state index in [0.717, 1.165) is 6.42 Å². The lowest BCUT2D eigenvalue weighted by atomic mass is 9.81. The molecule has 1 saturated heterocycles. The Labute approximate surface area is 185 Å². The normalized spacial score (nSPS) is 32.6. The van der Waals surface area contributed by atoms with Crippen molar-refractivity contribution < 1.29 is 14.4 Å². The van der Waals surface area contributed by atoms with Crippen LogP contribution in [0.2, 0.25) is 0 Å². The molecule has 3 aliphatic rings. The van der Waals surface area contributed by atoms with Gasteiger partial charge >= 0.3 is 0 Å². The maximum atomic E-state index is 13.2. The summed E-state index contributed by atoms with van der Waals surface area (Å²) < 4.78 is 0. The fourth-order valence-corrected chi connectivity index (χ4v) is 6.99. The van der Waals surface area contributed by atoms with Crippen molar-refractivity contribution in [1.82, 2.24) is 0 Å². The molecule has 2 aromatic carbocycles. The number of nitrogens with zero attached hydrogens (tertiary/aromatic N) is 1. The average molecular weight is 518 g/mol. The summed E-state index contributed by atoms with van der Waals surface area (Å²) in [6, 6.07) is 15.9. The first-order valence-corrected chi connectivity index (χ1v) is 11.4. The van der Waals surface area contributed by atoms with E-state index >= 15 is 0 Å². The predicted octanol–water partition coefficient (Wildman–Crippen LogP) is 4.22. The molecule has 2 saturated carbocycles. The third kappa shape index (κ3) is 2.89. The standard InChI is InChI=1S/C22H18Br2N2O3/c23-18-14-10-15(19(18)24)17-16(14)21(28)26(22(17)29)13-8-4-5-11(9-13)20(27)25-12-6-2-1-3-7-12/h1-9,14-19H,10H2,(H,25,27)/t14-,15+,16-,17-,18-,19+/m0/s1. The van der Waals surface area contributed by atoms with Crippen LogP contribution >= 0.6 is 31.9 Å². The van der Waals surface area contributed by atoms with Crippen LogP contribution in [-0.2, 0) is 9.59 Å². The number of para-hydroxylation sites is 1. The van der Waals surface area contributed by atoms with Crippen molar-refractivity contribution >= 4 is 61.0 Å². The number of halogens is 2. The van der Waals surface area contributed by atoms with Crippen molar-refractivity contribution in [2.75, 3.05) is 10.2 Å². The number of fused-ring (bicyclic) bond motifs is 5. The Morgan fingerprint density at radius 1 is 0.897 bits per heavy atom. The summed E-state index contributed by atoms with van der Waals surface area (Å²) in [5.74, 6) is -0.770. The minimum atomic E-state index is -0.279. The van der Waals surface area contributed by atoms with Crippen molar-refractivity contribution in [2.45, 2.75) is 16.1 Å². The summed E-state index contributed by atoms with van der Waals surface area (Å²) in [4.78, 5) is 40.7. The van der Waals surface area contributed by atoms with Gasteiger partial charge in [-0.2, -0.15) is 0 Å². The highest BCUT2D eigenvalue weighted by Crippen LogP contribution is 2.60. The molecular weight excluding hydrogens is 500 g/mol. The van der Waals surface area contributed by atoms with Gasteiger partial charge in [0.2, 0.25) is 11.8 Å². The van der Waals surface area contributed by atoms with Gasteiger partial charge in [0.05, 0.1) is 17.5 Å². The van der Waals surface area contributed by atoms with E-state index in [2.05, 4.69) is 37.2 Å². The van der Waals surface area contributed by atoms with Gasteiger partial charge in [-0.15, -0.1) is 0 Å². The van der Waals surface area contributed by atoms with Crippen LogP contribution < -0.4 is 10.2 Å². The Morgan fingerprint density at radius 2 is 1.52 bits per heavy atom. The van der Waals surface area contributed by atoms with Crippen molar-refractivity contribution in [1.29, 1.82) is 0 Å². The number of hydrogen-bond acceptors (Lipinski definition) is 3. The van der Waals surface area contributed by atoms with Crippen LogP contribution in [0.5, 0.6) is 0 Å². The van der Waals surface area contributed by atoms with Gasteiger partial charge in [-0.1, -0.05) is 56.1 Å². The molecule has 0 unspecified atom stereocenters. The van der Waals surface area contributed by atoms with Crippen LogP contribution in [0.3, 0.4) is 0 Å². The van der Waals surface area contributed by atoms with Crippen LogP contribution in [0.4, 0.5) is 11.4 Å². The smallest absolute Gasteiger partial charge is 0.255 e. The summed E-state index contributed by atoms with van der Waals surface area (Å²) in [6.07, 6.45) is 0.895. The van der Waals surface area contributed by atoms with E-state index in [4.69, 9.17) is 0 Å². The molecule has 6 atom stereocenters. The van der Waals surface area contributed by atoms with Crippen LogP contribution in [0.1, 0.15) is 16.8 Å². The van der Waals surface area contributed by atoms with Gasteiger partial charge in [0.25, 0.3) is 5.91 Å². The van der Waals surface area contributed by atoms with E-state index in [1.54, 1.807) is 36.4 Å². The number of carbonyl (C=O) groups is 3. The molecule has 148 valence electrons. The molecule has 2 bridgehead atoms. The third-order valence-electron chi connectivity index (χ3n) is 6.39. The summed E-state index contributed by atoms with van der Waals surface area (Å²) in [7, 11) is 0. The highest BCUT2D eigenvalue weighted by molar-refractivity contribution is 9.12. The van der Waals surface area contributed by atoms with Crippen LogP contribution in [0.25, 0.3) is 0 Å². The van der Waals surface area contributed by atoms with E-state index in [1.807, 2.05) is 18.2 Å². The zero-order valence-corrected chi connectivity index (χ0v) is 18.5. The van der Waals surface area contributed by atoms with Gasteiger partial charge in [-0.05, 0) is 48.6 Å². The number of anilines is 2. The molecule has 29 heavy (non-hydrogen) atoms. The number of rotatable bonds is 3. The maximum Gasteiger partial charge on any atom is 0.255 e.